The van der Waals surface area contributed by atoms with E-state index in [1.165, 1.54) is 10.6 Å². The predicted molar refractivity (Wildman–Crippen MR) is 119 cm³/mol. The van der Waals surface area contributed by atoms with Crippen molar-refractivity contribution in [3.8, 4) is 0 Å². The number of benzene rings is 1. The smallest absolute Gasteiger partial charge is 0.253 e. The summed E-state index contributed by atoms with van der Waals surface area (Å²) in [6.45, 7) is 7.49. The highest BCUT2D eigenvalue weighted by Crippen LogP contribution is 2.41. The molecule has 0 spiro atoms. The zero-order chi connectivity index (χ0) is 22.3. The third kappa shape index (κ3) is 4.31. The van der Waals surface area contributed by atoms with Crippen LogP contribution in [-0.4, -0.2) is 84.9 Å². The molecule has 2 aliphatic rings. The fraction of sp³-hybridized carbons (Fsp3) is 0.571. The van der Waals surface area contributed by atoms with Gasteiger partial charge in [0, 0.05) is 37.8 Å². The molecular weight excluding hydrogens is 416 g/mol. The molecule has 9 nitrogen and oxygen atoms in total. The van der Waals surface area contributed by atoms with Crippen molar-refractivity contribution in [2.24, 2.45) is 0 Å². The summed E-state index contributed by atoms with van der Waals surface area (Å²) in [6, 6.07) is 5.46. The first-order valence-electron chi connectivity index (χ1n) is 10.7. The Balaban J connectivity index is 1.70. The number of rotatable bonds is 4. The van der Waals surface area contributed by atoms with Gasteiger partial charge in [0.05, 0.1) is 17.9 Å². The zero-order valence-corrected chi connectivity index (χ0v) is 19.3. The van der Waals surface area contributed by atoms with E-state index in [-0.39, 0.29) is 24.4 Å². The summed E-state index contributed by atoms with van der Waals surface area (Å²) < 4.78 is 28.0. The van der Waals surface area contributed by atoms with E-state index in [1.54, 1.807) is 23.1 Å². The SMILES string of the molecule is CC(C)n1cnc(C2CN(S(C)(=O)=O)c3ccc(C(=O)N4CCCN(C)CC4)cc32)n1. The average molecular weight is 447 g/mol. The van der Waals surface area contributed by atoms with Crippen molar-refractivity contribution in [3.05, 3.63) is 41.5 Å². The average Bonchev–Trinajstić information content (AvgIpc) is 3.28. The van der Waals surface area contributed by atoms with Crippen molar-refractivity contribution >= 4 is 21.6 Å². The minimum atomic E-state index is -3.46. The number of aromatic nitrogens is 3. The third-order valence-electron chi connectivity index (χ3n) is 6.04. The van der Waals surface area contributed by atoms with Crippen molar-refractivity contribution in [3.63, 3.8) is 0 Å². The first-order valence-corrected chi connectivity index (χ1v) is 12.5. The largest absolute Gasteiger partial charge is 0.337 e. The van der Waals surface area contributed by atoms with Gasteiger partial charge in [-0.1, -0.05) is 0 Å². The molecule has 1 aromatic heterocycles. The van der Waals surface area contributed by atoms with Crippen LogP contribution in [0, 0.1) is 0 Å². The second-order valence-electron chi connectivity index (χ2n) is 8.75. The molecule has 1 aromatic carbocycles. The number of fused-ring (bicyclic) bond motifs is 1. The Hall–Kier alpha value is -2.46. The van der Waals surface area contributed by atoms with Gasteiger partial charge in [-0.15, -0.1) is 0 Å². The van der Waals surface area contributed by atoms with Gasteiger partial charge < -0.3 is 9.80 Å². The molecule has 0 bridgehead atoms. The van der Waals surface area contributed by atoms with E-state index in [0.717, 1.165) is 31.6 Å². The second-order valence-corrected chi connectivity index (χ2v) is 10.7. The minimum absolute atomic E-state index is 0.0182. The van der Waals surface area contributed by atoms with E-state index in [9.17, 15) is 13.2 Å². The summed E-state index contributed by atoms with van der Waals surface area (Å²) in [6.07, 6.45) is 3.81. The molecule has 1 atom stereocenters. The van der Waals surface area contributed by atoms with E-state index in [0.29, 0.717) is 23.6 Å². The molecule has 31 heavy (non-hydrogen) atoms. The van der Waals surface area contributed by atoms with Crippen LogP contribution in [0.3, 0.4) is 0 Å². The fourth-order valence-electron chi connectivity index (χ4n) is 4.22. The van der Waals surface area contributed by atoms with Gasteiger partial charge in [0.25, 0.3) is 5.91 Å². The lowest BCUT2D eigenvalue weighted by molar-refractivity contribution is 0.0762. The highest BCUT2D eigenvalue weighted by Gasteiger charge is 2.37. The third-order valence-corrected chi connectivity index (χ3v) is 7.19. The van der Waals surface area contributed by atoms with Crippen LogP contribution in [0.1, 0.15) is 54.0 Å². The fourth-order valence-corrected chi connectivity index (χ4v) is 5.16. The van der Waals surface area contributed by atoms with Gasteiger partial charge in [-0.2, -0.15) is 5.10 Å². The normalized spacial score (nSPS) is 20.2. The Kier molecular flexibility index (Phi) is 5.78. The van der Waals surface area contributed by atoms with Gasteiger partial charge in [-0.25, -0.2) is 13.4 Å². The maximum Gasteiger partial charge on any atom is 0.253 e. The second kappa shape index (κ2) is 8.23. The maximum atomic E-state index is 13.2. The molecule has 168 valence electrons. The van der Waals surface area contributed by atoms with E-state index in [2.05, 4.69) is 22.0 Å². The molecule has 3 heterocycles. The summed E-state index contributed by atoms with van der Waals surface area (Å²) in [5, 5.41) is 4.58. The minimum Gasteiger partial charge on any atom is -0.337 e. The van der Waals surface area contributed by atoms with E-state index < -0.39 is 10.0 Å². The molecule has 0 aliphatic carbocycles. The first-order chi connectivity index (χ1) is 14.6. The number of carbonyl (C=O) groups excluding carboxylic acids is 1. The molecule has 2 aromatic rings. The van der Waals surface area contributed by atoms with Crippen LogP contribution < -0.4 is 4.31 Å². The van der Waals surface area contributed by atoms with E-state index in [4.69, 9.17) is 0 Å². The first kappa shape index (κ1) is 21.8. The van der Waals surface area contributed by atoms with Crippen molar-refractivity contribution in [2.75, 3.05) is 50.3 Å². The number of amides is 1. The number of hydrogen-bond donors (Lipinski definition) is 0. The van der Waals surface area contributed by atoms with Crippen molar-refractivity contribution in [2.45, 2.75) is 32.2 Å². The topological polar surface area (TPSA) is 91.6 Å². The molecule has 0 saturated carbocycles. The molecule has 10 heteroatoms. The quantitative estimate of drug-likeness (QED) is 0.708. The van der Waals surface area contributed by atoms with Gasteiger partial charge in [-0.3, -0.25) is 13.8 Å². The molecule has 1 fully saturated rings. The predicted octanol–water partition coefficient (Wildman–Crippen LogP) is 1.55. The van der Waals surface area contributed by atoms with Crippen LogP contribution in [0.25, 0.3) is 0 Å². The number of anilines is 1. The summed E-state index contributed by atoms with van der Waals surface area (Å²) in [7, 11) is -1.39. The van der Waals surface area contributed by atoms with Crippen LogP contribution in [0.5, 0.6) is 0 Å². The van der Waals surface area contributed by atoms with E-state index in [1.807, 2.05) is 24.8 Å². The molecule has 1 saturated heterocycles. The Morgan fingerprint density at radius 1 is 1.16 bits per heavy atom. The van der Waals surface area contributed by atoms with Crippen molar-refractivity contribution in [1.29, 1.82) is 0 Å². The van der Waals surface area contributed by atoms with Gasteiger partial charge in [0.15, 0.2) is 5.82 Å². The van der Waals surface area contributed by atoms with Crippen LogP contribution in [0.4, 0.5) is 5.69 Å². The molecule has 4 rings (SSSR count). The van der Waals surface area contributed by atoms with Crippen molar-refractivity contribution < 1.29 is 13.2 Å². The standard InChI is InChI=1S/C21H30N6O3S/c1-15(2)26-14-22-20(23-26)18-13-27(31(4,29)30)19-7-6-16(12-17(18)19)21(28)25-9-5-8-24(3)10-11-25/h6-7,12,14-15,18H,5,8-11,13H2,1-4H3. The molecule has 1 unspecified atom stereocenters. The van der Waals surface area contributed by atoms with E-state index >= 15 is 0 Å². The number of nitrogens with zero attached hydrogens (tertiary/aromatic N) is 6. The van der Waals surface area contributed by atoms with Crippen molar-refractivity contribution in [1.82, 2.24) is 24.6 Å². The molecule has 0 radical (unpaired) electrons. The zero-order valence-electron chi connectivity index (χ0n) is 18.5. The van der Waals surface area contributed by atoms with Gasteiger partial charge in [-0.05, 0) is 57.6 Å². The monoisotopic (exact) mass is 446 g/mol. The lowest BCUT2D eigenvalue weighted by Gasteiger charge is -2.21. The van der Waals surface area contributed by atoms with Crippen LogP contribution in [0.2, 0.25) is 0 Å². The van der Waals surface area contributed by atoms with Crippen LogP contribution in [-0.2, 0) is 10.0 Å². The van der Waals surface area contributed by atoms with Crippen LogP contribution >= 0.6 is 0 Å². The Morgan fingerprint density at radius 2 is 1.94 bits per heavy atom. The van der Waals surface area contributed by atoms with Gasteiger partial charge >= 0.3 is 0 Å². The molecular formula is C21H30N6O3S. The lowest BCUT2D eigenvalue weighted by atomic mass is 9.98. The highest BCUT2D eigenvalue weighted by atomic mass is 32.2. The Morgan fingerprint density at radius 3 is 2.61 bits per heavy atom. The molecule has 2 aliphatic heterocycles. The number of hydrogen-bond acceptors (Lipinski definition) is 6. The number of sulfonamides is 1. The summed E-state index contributed by atoms with van der Waals surface area (Å²) >= 11 is 0. The number of likely N-dealkylation sites (N-methyl/N-ethyl adjacent to an activating group) is 1. The molecule has 1 amide bonds. The number of carbonyl (C=O) groups is 1. The Bertz CT molecular complexity index is 1080. The summed E-state index contributed by atoms with van der Waals surface area (Å²) in [4.78, 5) is 21.8. The Labute approximate surface area is 183 Å². The summed E-state index contributed by atoms with van der Waals surface area (Å²) in [5.41, 5.74) is 1.96. The van der Waals surface area contributed by atoms with Gasteiger partial charge in [0.1, 0.15) is 6.33 Å². The lowest BCUT2D eigenvalue weighted by Crippen LogP contribution is -2.34. The maximum absolute atomic E-state index is 13.2. The van der Waals surface area contributed by atoms with Gasteiger partial charge in [0.2, 0.25) is 10.0 Å². The summed E-state index contributed by atoms with van der Waals surface area (Å²) in [5.74, 6) is 0.241. The van der Waals surface area contributed by atoms with Crippen LogP contribution in [0.15, 0.2) is 24.5 Å². The highest BCUT2D eigenvalue weighted by molar-refractivity contribution is 7.92. The molecule has 0 N–H and O–H groups in total.